The molecule has 4 heteroatoms. The van der Waals surface area contributed by atoms with Crippen molar-refractivity contribution in [3.63, 3.8) is 0 Å². The molecule has 0 amide bonds. The number of rotatable bonds is 4. The number of nitrogens with zero attached hydrogens (tertiary/aromatic N) is 2. The Bertz CT molecular complexity index is 328. The second kappa shape index (κ2) is 3.92. The van der Waals surface area contributed by atoms with E-state index in [9.17, 15) is 4.79 Å². The standard InChI is InChI=1S/C10H15N3O/c1-2-13-4-3-12-10(13)5-9(14)8-6-11-7-8/h3-4,8,11H,2,5-7H2,1H3. The Morgan fingerprint density at radius 2 is 2.50 bits per heavy atom. The molecule has 0 spiro atoms. The van der Waals surface area contributed by atoms with Crippen LogP contribution in [0.2, 0.25) is 0 Å². The molecule has 14 heavy (non-hydrogen) atoms. The summed E-state index contributed by atoms with van der Waals surface area (Å²) >= 11 is 0. The molecular weight excluding hydrogens is 178 g/mol. The van der Waals surface area contributed by atoms with Crippen LogP contribution in [0, 0.1) is 5.92 Å². The molecule has 1 fully saturated rings. The number of carbonyl (C=O) groups excluding carboxylic acids is 1. The Balaban J connectivity index is 1.99. The molecule has 1 saturated heterocycles. The lowest BCUT2D eigenvalue weighted by atomic mass is 9.96. The van der Waals surface area contributed by atoms with Crippen LogP contribution in [0.1, 0.15) is 12.7 Å². The quantitative estimate of drug-likeness (QED) is 0.744. The molecular formula is C10H15N3O. The van der Waals surface area contributed by atoms with Crippen LogP contribution in [-0.4, -0.2) is 28.4 Å². The van der Waals surface area contributed by atoms with Gasteiger partial charge in [0.15, 0.2) is 0 Å². The zero-order valence-electron chi connectivity index (χ0n) is 8.36. The Kier molecular flexibility index (Phi) is 2.63. The number of imidazole rings is 1. The number of hydrogen-bond acceptors (Lipinski definition) is 3. The van der Waals surface area contributed by atoms with Crippen LogP contribution in [0.3, 0.4) is 0 Å². The summed E-state index contributed by atoms with van der Waals surface area (Å²) in [5.41, 5.74) is 0. The minimum atomic E-state index is 0.219. The Labute approximate surface area is 83.3 Å². The van der Waals surface area contributed by atoms with Crippen LogP contribution in [0.25, 0.3) is 0 Å². The van der Waals surface area contributed by atoms with Crippen LogP contribution >= 0.6 is 0 Å². The highest BCUT2D eigenvalue weighted by Crippen LogP contribution is 2.09. The Hall–Kier alpha value is -1.16. The zero-order valence-corrected chi connectivity index (χ0v) is 8.36. The molecule has 1 aliphatic heterocycles. The SMILES string of the molecule is CCn1ccnc1CC(=O)C1CNC1. The number of aromatic nitrogens is 2. The van der Waals surface area contributed by atoms with Gasteiger partial charge in [-0.1, -0.05) is 0 Å². The molecule has 1 aliphatic rings. The number of hydrogen-bond donors (Lipinski definition) is 1. The third kappa shape index (κ3) is 1.70. The maximum absolute atomic E-state index is 11.7. The number of Topliss-reactive ketones (excluding diaryl/α,β-unsaturated/α-hetero) is 1. The van der Waals surface area contributed by atoms with Gasteiger partial charge >= 0.3 is 0 Å². The van der Waals surface area contributed by atoms with E-state index < -0.39 is 0 Å². The van der Waals surface area contributed by atoms with Crippen molar-refractivity contribution in [3.8, 4) is 0 Å². The largest absolute Gasteiger partial charge is 0.335 e. The predicted octanol–water partition coefficient (Wildman–Crippen LogP) is 0.234. The first-order valence-corrected chi connectivity index (χ1v) is 5.04. The molecule has 0 bridgehead atoms. The van der Waals surface area contributed by atoms with Gasteiger partial charge in [-0.05, 0) is 6.92 Å². The van der Waals surface area contributed by atoms with Crippen molar-refractivity contribution in [1.29, 1.82) is 0 Å². The van der Waals surface area contributed by atoms with Gasteiger partial charge in [0.05, 0.1) is 6.42 Å². The lowest BCUT2D eigenvalue weighted by molar-refractivity contribution is -0.123. The van der Waals surface area contributed by atoms with Gasteiger partial charge in [-0.3, -0.25) is 4.79 Å². The highest BCUT2D eigenvalue weighted by molar-refractivity contribution is 5.83. The van der Waals surface area contributed by atoms with Crippen LogP contribution in [0.4, 0.5) is 0 Å². The van der Waals surface area contributed by atoms with E-state index in [1.165, 1.54) is 0 Å². The molecule has 0 unspecified atom stereocenters. The van der Waals surface area contributed by atoms with Gasteiger partial charge < -0.3 is 9.88 Å². The first-order chi connectivity index (χ1) is 6.81. The molecule has 0 aliphatic carbocycles. The summed E-state index contributed by atoms with van der Waals surface area (Å²) in [4.78, 5) is 15.9. The lowest BCUT2D eigenvalue weighted by Gasteiger charge is -2.25. The van der Waals surface area contributed by atoms with Gasteiger partial charge in [0.2, 0.25) is 0 Å². The smallest absolute Gasteiger partial charge is 0.146 e. The van der Waals surface area contributed by atoms with Gasteiger partial charge in [0.1, 0.15) is 11.6 Å². The molecule has 0 aromatic carbocycles. The molecule has 76 valence electrons. The summed E-state index contributed by atoms with van der Waals surface area (Å²) in [6.45, 7) is 4.61. The molecule has 1 N–H and O–H groups in total. The number of carbonyl (C=O) groups is 1. The van der Waals surface area contributed by atoms with Crippen LogP contribution < -0.4 is 5.32 Å². The number of ketones is 1. The van der Waals surface area contributed by atoms with Crippen molar-refractivity contribution in [3.05, 3.63) is 18.2 Å². The van der Waals surface area contributed by atoms with Crippen molar-refractivity contribution in [1.82, 2.24) is 14.9 Å². The predicted molar refractivity (Wildman–Crippen MR) is 53.0 cm³/mol. The van der Waals surface area contributed by atoms with E-state index in [0.717, 1.165) is 25.5 Å². The second-order valence-corrected chi connectivity index (χ2v) is 3.63. The van der Waals surface area contributed by atoms with Crippen molar-refractivity contribution in [2.24, 2.45) is 5.92 Å². The molecule has 0 atom stereocenters. The van der Waals surface area contributed by atoms with Crippen molar-refractivity contribution in [2.45, 2.75) is 19.9 Å². The average Bonchev–Trinajstić information content (AvgIpc) is 2.48. The first-order valence-electron chi connectivity index (χ1n) is 5.04. The summed E-state index contributed by atoms with van der Waals surface area (Å²) in [6.07, 6.45) is 4.15. The molecule has 1 aromatic rings. The summed E-state index contributed by atoms with van der Waals surface area (Å²) < 4.78 is 2.02. The first kappa shape index (κ1) is 9.40. The normalized spacial score (nSPS) is 16.6. The Morgan fingerprint density at radius 1 is 1.71 bits per heavy atom. The van der Waals surface area contributed by atoms with Crippen molar-refractivity contribution in [2.75, 3.05) is 13.1 Å². The second-order valence-electron chi connectivity index (χ2n) is 3.63. The molecule has 0 saturated carbocycles. The summed E-state index contributed by atoms with van der Waals surface area (Å²) in [6, 6.07) is 0. The maximum Gasteiger partial charge on any atom is 0.146 e. The van der Waals surface area contributed by atoms with E-state index in [1.807, 2.05) is 10.8 Å². The van der Waals surface area contributed by atoms with Gasteiger partial charge in [-0.15, -0.1) is 0 Å². The fourth-order valence-corrected chi connectivity index (χ4v) is 1.61. The van der Waals surface area contributed by atoms with Crippen molar-refractivity contribution < 1.29 is 4.79 Å². The van der Waals surface area contributed by atoms with E-state index in [1.54, 1.807) is 6.20 Å². The lowest BCUT2D eigenvalue weighted by Crippen LogP contribution is -2.47. The molecule has 4 nitrogen and oxygen atoms in total. The van der Waals surface area contributed by atoms with E-state index in [2.05, 4.69) is 17.2 Å². The van der Waals surface area contributed by atoms with E-state index in [-0.39, 0.29) is 5.92 Å². The van der Waals surface area contributed by atoms with Crippen molar-refractivity contribution >= 4 is 5.78 Å². The van der Waals surface area contributed by atoms with E-state index in [0.29, 0.717) is 12.2 Å². The molecule has 2 heterocycles. The molecule has 0 radical (unpaired) electrons. The third-order valence-electron chi connectivity index (χ3n) is 2.71. The van der Waals surface area contributed by atoms with Gasteiger partial charge in [-0.2, -0.15) is 0 Å². The summed E-state index contributed by atoms with van der Waals surface area (Å²) in [5, 5.41) is 3.10. The maximum atomic E-state index is 11.7. The van der Waals surface area contributed by atoms with Crippen LogP contribution in [0.5, 0.6) is 0 Å². The average molecular weight is 193 g/mol. The number of nitrogens with one attached hydrogen (secondary N) is 1. The summed E-state index contributed by atoms with van der Waals surface area (Å²) in [5.74, 6) is 1.42. The highest BCUT2D eigenvalue weighted by Gasteiger charge is 2.25. The monoisotopic (exact) mass is 193 g/mol. The summed E-state index contributed by atoms with van der Waals surface area (Å²) in [7, 11) is 0. The Morgan fingerprint density at radius 3 is 3.07 bits per heavy atom. The molecule has 1 aromatic heterocycles. The highest BCUT2D eigenvalue weighted by atomic mass is 16.1. The van der Waals surface area contributed by atoms with E-state index >= 15 is 0 Å². The van der Waals surface area contributed by atoms with Gasteiger partial charge in [0.25, 0.3) is 0 Å². The third-order valence-corrected chi connectivity index (χ3v) is 2.71. The molecule has 2 rings (SSSR count). The number of aryl methyl sites for hydroxylation is 1. The van der Waals surface area contributed by atoms with Crippen LogP contribution in [0.15, 0.2) is 12.4 Å². The topological polar surface area (TPSA) is 46.9 Å². The minimum Gasteiger partial charge on any atom is -0.335 e. The zero-order chi connectivity index (χ0) is 9.97. The van der Waals surface area contributed by atoms with Gasteiger partial charge in [-0.25, -0.2) is 4.98 Å². The van der Waals surface area contributed by atoms with Gasteiger partial charge in [0, 0.05) is 37.9 Å². The fourth-order valence-electron chi connectivity index (χ4n) is 1.61. The van der Waals surface area contributed by atoms with E-state index in [4.69, 9.17) is 0 Å². The van der Waals surface area contributed by atoms with Crippen LogP contribution in [-0.2, 0) is 17.8 Å². The minimum absolute atomic E-state index is 0.219. The fraction of sp³-hybridized carbons (Fsp3) is 0.600.